The Bertz CT molecular complexity index is 3240. The van der Waals surface area contributed by atoms with Gasteiger partial charge in [0.25, 0.3) is 0 Å². The largest absolute Gasteiger partial charge is 0.457 e. The number of imidazole rings is 1. The molecule has 0 amide bonds. The van der Waals surface area contributed by atoms with Crippen LogP contribution in [-0.2, 0) is 29.5 Å². The van der Waals surface area contributed by atoms with Gasteiger partial charge in [0.05, 0.1) is 70.6 Å². The number of anilines is 4. The SMILES string of the molecule is CC(C)c1ccc(F)c(N=C=S)c1.CC1CCN(CC(=O)Cc2cc(Oc3ccc4c(c3)nc(Nc3cc(C(C)C)ccc3F)n4C)ccn2)CC1.CNc1ccc(Oc2ccnc(CC(=O)CN3CCC(C)CC3)c2)cc1N. The summed E-state index contributed by atoms with van der Waals surface area (Å²) in [6.07, 6.45) is 8.59. The van der Waals surface area contributed by atoms with Crippen molar-refractivity contribution >= 4 is 68.7 Å². The van der Waals surface area contributed by atoms with Gasteiger partial charge in [-0.25, -0.2) is 13.8 Å². The number of rotatable bonds is 18. The number of aromatic nitrogens is 4. The number of benzene rings is 4. The van der Waals surface area contributed by atoms with Crippen molar-refractivity contribution in [3.05, 3.63) is 144 Å². The maximum absolute atomic E-state index is 14.5. The number of nitrogens with zero attached hydrogens (tertiary/aromatic N) is 7. The van der Waals surface area contributed by atoms with Crippen LogP contribution in [0.2, 0.25) is 0 Å². The number of halogens is 2. The van der Waals surface area contributed by atoms with E-state index in [1.807, 2.05) is 81.0 Å². The summed E-state index contributed by atoms with van der Waals surface area (Å²) in [5, 5.41) is 8.32. The van der Waals surface area contributed by atoms with Gasteiger partial charge in [0, 0.05) is 50.8 Å². The van der Waals surface area contributed by atoms with Gasteiger partial charge in [-0.05, 0) is 160 Å². The molecule has 17 heteroatoms. The molecular weight excluding hydrogens is 1020 g/mol. The molecule has 0 bridgehead atoms. The lowest BCUT2D eigenvalue weighted by atomic mass is 9.99. The number of ketones is 2. The number of pyridine rings is 2. The molecule has 2 fully saturated rings. The second kappa shape index (κ2) is 28.4. The van der Waals surface area contributed by atoms with Crippen molar-refractivity contribution < 1.29 is 27.8 Å². The zero-order valence-corrected chi connectivity index (χ0v) is 47.5. The van der Waals surface area contributed by atoms with Crippen LogP contribution in [0.1, 0.15) is 102 Å². The van der Waals surface area contributed by atoms with E-state index < -0.39 is 0 Å². The van der Waals surface area contributed by atoms with Crippen LogP contribution >= 0.6 is 12.2 Å². The fourth-order valence-electron chi connectivity index (χ4n) is 9.29. The average molecular weight is 1090 g/mol. The van der Waals surface area contributed by atoms with Crippen LogP contribution in [0.25, 0.3) is 11.0 Å². The number of nitrogens with one attached hydrogen (secondary N) is 2. The van der Waals surface area contributed by atoms with Crippen molar-refractivity contribution in [2.75, 3.05) is 62.7 Å². The Balaban J connectivity index is 0.000000194. The number of ether oxygens (including phenoxy) is 2. The van der Waals surface area contributed by atoms with E-state index in [0.29, 0.717) is 71.4 Å². The van der Waals surface area contributed by atoms with Crippen molar-refractivity contribution in [1.29, 1.82) is 0 Å². The summed E-state index contributed by atoms with van der Waals surface area (Å²) < 4.78 is 41.4. The van der Waals surface area contributed by atoms with Gasteiger partial charge in [-0.1, -0.05) is 53.7 Å². The number of aliphatic imine (C=N–C) groups is 1. The summed E-state index contributed by atoms with van der Waals surface area (Å²) in [7, 11) is 3.71. The van der Waals surface area contributed by atoms with Crippen LogP contribution in [0.15, 0.2) is 114 Å². The topological polar surface area (TPSA) is 165 Å². The van der Waals surface area contributed by atoms with E-state index in [4.69, 9.17) is 15.2 Å². The third-order valence-electron chi connectivity index (χ3n) is 14.2. The van der Waals surface area contributed by atoms with E-state index in [2.05, 4.69) is 85.5 Å². The molecule has 79 heavy (non-hydrogen) atoms. The van der Waals surface area contributed by atoms with Crippen LogP contribution in [0.4, 0.5) is 37.5 Å². The highest BCUT2D eigenvalue weighted by atomic mass is 32.1. The first-order chi connectivity index (χ1) is 37.9. The van der Waals surface area contributed by atoms with Gasteiger partial charge in [-0.15, -0.1) is 0 Å². The standard InChI is InChI=1S/C31H36FN5O2.C21H28N4O2.C10H10FNS/c1-20(2)22-5-7-27(32)28(15-22)34-31-35-29-18-25(6-8-30(29)36(31)4)39-26-9-12-33-23(17-26)16-24(38)19-37-13-10-21(3)11-14-37;1-15-6-9-25(10-7-15)14-17(26)11-16-12-19(5-8-24-16)27-18-3-4-21(23-2)20(22)13-18;1-7(2)8-3-4-9(11)10(5-8)12-6-13/h5-9,12,15,17-18,20-21H,10-11,13-14,16,19H2,1-4H3,(H,34,35);3-5,8,12-13,15,23H,6-7,9-11,14,22H2,1-2H3;3-5,7H,1-2H3. The number of fused-ring (bicyclic) bond motifs is 1. The molecule has 4 N–H and O–H groups in total. The lowest BCUT2D eigenvalue weighted by Gasteiger charge is -2.29. The Morgan fingerprint density at radius 1 is 0.696 bits per heavy atom. The maximum Gasteiger partial charge on any atom is 0.208 e. The third-order valence-corrected chi connectivity index (χ3v) is 14.3. The molecule has 0 unspecified atom stereocenters. The van der Waals surface area contributed by atoms with Gasteiger partial charge < -0.3 is 30.4 Å². The summed E-state index contributed by atoms with van der Waals surface area (Å²) in [6.45, 7) is 17.7. The molecule has 0 radical (unpaired) electrons. The first-order valence-corrected chi connectivity index (χ1v) is 27.6. The number of nitrogen functional groups attached to an aromatic ring is 1. The quantitative estimate of drug-likeness (QED) is 0.0423. The zero-order valence-electron chi connectivity index (χ0n) is 46.7. The summed E-state index contributed by atoms with van der Waals surface area (Å²) in [4.78, 5) is 46.6. The minimum Gasteiger partial charge on any atom is -0.457 e. The molecule has 0 spiro atoms. The first kappa shape index (κ1) is 59.2. The van der Waals surface area contributed by atoms with Crippen LogP contribution in [0.3, 0.4) is 0 Å². The smallest absolute Gasteiger partial charge is 0.208 e. The molecule has 0 aliphatic carbocycles. The number of likely N-dealkylation sites (tertiary alicyclic amines) is 2. The number of hydrogen-bond acceptors (Lipinski definition) is 14. The lowest BCUT2D eigenvalue weighted by molar-refractivity contribution is -0.120. The molecule has 7 aromatic rings. The van der Waals surface area contributed by atoms with E-state index >= 15 is 0 Å². The number of thiocarbonyl (C=S) groups is 1. The number of Topliss-reactive ketones (excluding diaryl/α,β-unsaturated/α-hetero) is 2. The molecule has 4 aromatic carbocycles. The van der Waals surface area contributed by atoms with E-state index in [1.54, 1.807) is 48.8 Å². The van der Waals surface area contributed by atoms with Crippen LogP contribution in [-0.4, -0.2) is 92.4 Å². The van der Waals surface area contributed by atoms with Gasteiger partial charge in [0.15, 0.2) is 11.6 Å². The summed E-state index contributed by atoms with van der Waals surface area (Å²) in [6, 6.07) is 28.3. The highest BCUT2D eigenvalue weighted by molar-refractivity contribution is 7.78. The van der Waals surface area contributed by atoms with Crippen molar-refractivity contribution in [2.45, 2.75) is 91.9 Å². The highest BCUT2D eigenvalue weighted by Crippen LogP contribution is 2.32. The second-order valence-electron chi connectivity index (χ2n) is 21.2. The first-order valence-electron chi connectivity index (χ1n) is 27.1. The van der Waals surface area contributed by atoms with Crippen molar-refractivity contribution in [3.63, 3.8) is 0 Å². The Morgan fingerprint density at radius 2 is 1.20 bits per heavy atom. The minimum absolute atomic E-state index is 0.166. The molecule has 0 atom stereocenters. The monoisotopic (exact) mass is 1090 g/mol. The molecule has 2 aliphatic heterocycles. The van der Waals surface area contributed by atoms with Gasteiger partial charge in [-0.2, -0.15) is 4.99 Å². The van der Waals surface area contributed by atoms with E-state index in [1.165, 1.54) is 25.0 Å². The number of carbonyl (C=O) groups is 2. The maximum atomic E-state index is 14.5. The Hall–Kier alpha value is -7.43. The van der Waals surface area contributed by atoms with Gasteiger partial charge in [-0.3, -0.25) is 29.4 Å². The average Bonchev–Trinajstić information content (AvgIpc) is 3.77. The normalized spacial score (nSPS) is 14.2. The fraction of sp³-hybridized carbons (Fsp3) is 0.387. The molecule has 3 aromatic heterocycles. The summed E-state index contributed by atoms with van der Waals surface area (Å²) >= 11 is 4.42. The Kier molecular flexibility index (Phi) is 21.3. The van der Waals surface area contributed by atoms with Crippen LogP contribution < -0.4 is 25.8 Å². The molecule has 14 nitrogen and oxygen atoms in total. The zero-order chi connectivity index (χ0) is 56.6. The van der Waals surface area contributed by atoms with E-state index in [9.17, 15) is 18.4 Å². The molecular formula is C62H74F2N10O4S. The number of nitrogens with two attached hydrogens (primary N) is 1. The van der Waals surface area contributed by atoms with Crippen molar-refractivity contribution in [1.82, 2.24) is 29.3 Å². The number of isothiocyanates is 1. The number of carbonyl (C=O) groups excluding carboxylic acids is 2. The Labute approximate surface area is 468 Å². The molecule has 2 aliphatic rings. The fourth-order valence-corrected chi connectivity index (χ4v) is 9.39. The van der Waals surface area contributed by atoms with Gasteiger partial charge >= 0.3 is 0 Å². The van der Waals surface area contributed by atoms with Crippen LogP contribution in [0, 0.1) is 23.5 Å². The van der Waals surface area contributed by atoms with Crippen molar-refractivity contribution in [3.8, 4) is 23.0 Å². The second-order valence-corrected chi connectivity index (χ2v) is 21.4. The molecule has 416 valence electrons. The van der Waals surface area contributed by atoms with E-state index in [-0.39, 0.29) is 41.2 Å². The lowest BCUT2D eigenvalue weighted by Crippen LogP contribution is -2.37. The molecule has 5 heterocycles. The highest BCUT2D eigenvalue weighted by Gasteiger charge is 2.21. The van der Waals surface area contributed by atoms with Crippen molar-refractivity contribution in [2.24, 2.45) is 23.9 Å². The molecule has 0 saturated carbocycles. The third kappa shape index (κ3) is 17.5. The van der Waals surface area contributed by atoms with Gasteiger partial charge in [0.2, 0.25) is 5.95 Å². The molecule has 2 saturated heterocycles. The summed E-state index contributed by atoms with van der Waals surface area (Å²) in [5.74, 6) is 4.89. The predicted molar refractivity (Wildman–Crippen MR) is 316 cm³/mol. The molecule has 9 rings (SSSR count). The number of aryl methyl sites for hydroxylation is 1. The minimum atomic E-state index is -0.359. The number of piperidine rings is 2. The summed E-state index contributed by atoms with van der Waals surface area (Å²) in [5.41, 5.74) is 13.2. The van der Waals surface area contributed by atoms with Gasteiger partial charge in [0.1, 0.15) is 40.3 Å². The van der Waals surface area contributed by atoms with Crippen LogP contribution in [0.5, 0.6) is 23.0 Å². The predicted octanol–water partition coefficient (Wildman–Crippen LogP) is 13.6. The number of hydrogen-bond donors (Lipinski definition) is 3. The Morgan fingerprint density at radius 3 is 1.72 bits per heavy atom. The van der Waals surface area contributed by atoms with E-state index in [0.717, 1.165) is 84.4 Å².